The number of hydrogen-bond donors (Lipinski definition) is 0. The minimum Gasteiger partial charge on any atom is -1.00 e. The average Bonchev–Trinajstić information content (AvgIpc) is 3.84. The van der Waals surface area contributed by atoms with Crippen molar-refractivity contribution in [3.05, 3.63) is 175 Å². The molecule has 0 amide bonds. The molecule has 2 unspecified atom stereocenters. The van der Waals surface area contributed by atoms with Gasteiger partial charge in [-0.2, -0.15) is 11.1 Å². The number of hydrogen-bond acceptors (Lipinski definition) is 2. The number of halogens is 2. The molecular weight excluding hydrogens is 707 g/mol. The Morgan fingerprint density at radius 3 is 1.22 bits per heavy atom. The van der Waals surface area contributed by atoms with Crippen LogP contribution in [0.4, 0.5) is 0 Å². The molecule has 0 N–H and O–H groups in total. The molecule has 0 aliphatic heterocycles. The molecule has 0 fully saturated rings. The van der Waals surface area contributed by atoms with Crippen LogP contribution in [0.15, 0.2) is 121 Å². The first kappa shape index (κ1) is 35.1. The minimum atomic E-state index is 0. The molecule has 0 saturated heterocycles. The second-order valence-electron chi connectivity index (χ2n) is 10.7. The standard InChI is InChI=1S/2C20H15S.2ClH.Zr/c2*1-14-10-13-20(21-14)19-12-11-18-16(8-5-9-17(18)19)15-6-3-2-4-7-15;;;/h2*2-11,13,19H,1H3;2*1H;/q2*-1;;;+4/p-2. The van der Waals surface area contributed by atoms with E-state index >= 15 is 0 Å². The fourth-order valence-corrected chi connectivity index (χ4v) is 7.85. The summed E-state index contributed by atoms with van der Waals surface area (Å²) in [5, 5.41) is 0. The predicted octanol–water partition coefficient (Wildman–Crippen LogP) is 5.38. The van der Waals surface area contributed by atoms with E-state index in [0.29, 0.717) is 11.8 Å². The van der Waals surface area contributed by atoms with Gasteiger partial charge < -0.3 is 24.8 Å². The van der Waals surface area contributed by atoms with Crippen molar-refractivity contribution in [2.45, 2.75) is 25.7 Å². The van der Waals surface area contributed by atoms with Gasteiger partial charge in [0.2, 0.25) is 0 Å². The van der Waals surface area contributed by atoms with Crippen LogP contribution >= 0.6 is 22.7 Å². The monoisotopic (exact) mass is 734 g/mol. The van der Waals surface area contributed by atoms with Crippen molar-refractivity contribution in [3.8, 4) is 22.3 Å². The second kappa shape index (κ2) is 15.7. The first-order valence-electron chi connectivity index (χ1n) is 14.3. The molecule has 0 bridgehead atoms. The Hall–Kier alpha value is -2.78. The third-order valence-corrected chi connectivity index (χ3v) is 10.1. The van der Waals surface area contributed by atoms with Crippen LogP contribution in [-0.4, -0.2) is 0 Å². The zero-order valence-electron chi connectivity index (χ0n) is 24.9. The Morgan fingerprint density at radius 2 is 0.867 bits per heavy atom. The summed E-state index contributed by atoms with van der Waals surface area (Å²) in [7, 11) is 0. The number of thiophene rings is 2. The summed E-state index contributed by atoms with van der Waals surface area (Å²) in [6.45, 7) is 4.32. The maximum atomic E-state index is 3.55. The molecule has 220 valence electrons. The normalized spacial score (nSPS) is 15.1. The Morgan fingerprint density at radius 1 is 0.467 bits per heavy atom. The van der Waals surface area contributed by atoms with Gasteiger partial charge in [0.05, 0.1) is 0 Å². The van der Waals surface area contributed by atoms with Crippen molar-refractivity contribution in [1.29, 1.82) is 0 Å². The molecule has 45 heavy (non-hydrogen) atoms. The molecule has 4 aromatic carbocycles. The third-order valence-electron chi connectivity index (χ3n) is 7.95. The number of aryl methyl sites for hydroxylation is 2. The molecular formula is C40H30Cl2S2Zr. The van der Waals surface area contributed by atoms with E-state index in [4.69, 9.17) is 0 Å². The molecule has 0 saturated carbocycles. The van der Waals surface area contributed by atoms with Crippen LogP contribution < -0.4 is 24.8 Å². The number of rotatable bonds is 4. The minimum absolute atomic E-state index is 0. The van der Waals surface area contributed by atoms with E-state index in [1.807, 2.05) is 22.7 Å². The van der Waals surface area contributed by atoms with Crippen LogP contribution in [0.2, 0.25) is 0 Å². The van der Waals surface area contributed by atoms with Gasteiger partial charge in [0.1, 0.15) is 0 Å². The van der Waals surface area contributed by atoms with Crippen molar-refractivity contribution in [3.63, 3.8) is 0 Å². The summed E-state index contributed by atoms with van der Waals surface area (Å²) >= 11 is 3.74. The molecule has 0 nitrogen and oxygen atoms in total. The summed E-state index contributed by atoms with van der Waals surface area (Å²) in [4.78, 5) is 5.49. The third kappa shape index (κ3) is 7.30. The van der Waals surface area contributed by atoms with Gasteiger partial charge in [0, 0.05) is 9.75 Å². The molecule has 8 rings (SSSR count). The quantitative estimate of drug-likeness (QED) is 0.214. The molecule has 5 heteroatoms. The molecule has 6 aromatic rings. The first-order chi connectivity index (χ1) is 20.7. The zero-order valence-corrected chi connectivity index (χ0v) is 30.5. The maximum absolute atomic E-state index is 3.55. The van der Waals surface area contributed by atoms with Gasteiger partial charge in [-0.3, -0.25) is 12.2 Å². The van der Waals surface area contributed by atoms with E-state index < -0.39 is 0 Å². The first-order valence-corrected chi connectivity index (χ1v) is 16.0. The van der Waals surface area contributed by atoms with Crippen LogP contribution in [0.5, 0.6) is 0 Å². The Kier molecular flexibility index (Phi) is 12.2. The van der Waals surface area contributed by atoms with Gasteiger partial charge in [-0.15, -0.1) is 33.8 Å². The Bertz CT molecular complexity index is 1780. The van der Waals surface area contributed by atoms with Crippen LogP contribution in [0, 0.1) is 26.0 Å². The smallest absolute Gasteiger partial charge is 1.00 e. The van der Waals surface area contributed by atoms with Gasteiger partial charge in [-0.25, -0.2) is 12.2 Å². The molecule has 0 radical (unpaired) electrons. The summed E-state index contributed by atoms with van der Waals surface area (Å²) in [6, 6.07) is 43.2. The van der Waals surface area contributed by atoms with Crippen LogP contribution in [0.25, 0.3) is 34.4 Å². The van der Waals surface area contributed by atoms with Crippen LogP contribution in [-0.2, 0) is 26.2 Å². The summed E-state index contributed by atoms with van der Waals surface area (Å²) in [6.07, 6.45) is 11.4. The summed E-state index contributed by atoms with van der Waals surface area (Å²) in [5.41, 5.74) is 10.5. The van der Waals surface area contributed by atoms with E-state index in [2.05, 4.69) is 159 Å². The summed E-state index contributed by atoms with van der Waals surface area (Å²) in [5.74, 6) is 0.588. The fourth-order valence-electron chi connectivity index (χ4n) is 5.93. The van der Waals surface area contributed by atoms with Crippen molar-refractivity contribution >= 4 is 34.8 Å². The van der Waals surface area contributed by atoms with Crippen LogP contribution in [0.1, 0.15) is 53.6 Å². The SMILES string of the molecule is Cc1ccc(C2[C-]=Cc3c(-c4ccccc4)cccc32)s1.Cc1ccc(C2[C-]=Cc3c(-c4ccccc4)cccc32)s1.[Cl-].[Cl-].[Zr+4]. The van der Waals surface area contributed by atoms with E-state index in [-0.39, 0.29) is 51.0 Å². The van der Waals surface area contributed by atoms with Gasteiger partial charge in [-0.05, 0) is 59.0 Å². The van der Waals surface area contributed by atoms with Crippen molar-refractivity contribution in [2.75, 3.05) is 0 Å². The van der Waals surface area contributed by atoms with Gasteiger partial charge in [-0.1, -0.05) is 120 Å². The second-order valence-corrected chi connectivity index (χ2v) is 13.4. The Balaban J connectivity index is 0.000000192. The van der Waals surface area contributed by atoms with E-state index in [9.17, 15) is 0 Å². The van der Waals surface area contributed by atoms with Gasteiger partial charge >= 0.3 is 26.2 Å². The largest absolute Gasteiger partial charge is 4.00 e. The number of allylic oxidation sites excluding steroid dienone is 2. The molecule has 2 aliphatic rings. The van der Waals surface area contributed by atoms with E-state index in [0.717, 1.165) is 0 Å². The van der Waals surface area contributed by atoms with Crippen molar-refractivity contribution in [2.24, 2.45) is 0 Å². The molecule has 0 spiro atoms. The van der Waals surface area contributed by atoms with Crippen molar-refractivity contribution < 1.29 is 51.0 Å². The molecule has 2 heterocycles. The summed E-state index contributed by atoms with van der Waals surface area (Å²) < 4.78 is 0. The van der Waals surface area contributed by atoms with E-state index in [1.165, 1.54) is 64.0 Å². The van der Waals surface area contributed by atoms with E-state index in [1.54, 1.807) is 0 Å². The number of benzene rings is 4. The van der Waals surface area contributed by atoms with Gasteiger partial charge in [0.25, 0.3) is 0 Å². The predicted molar refractivity (Wildman–Crippen MR) is 181 cm³/mol. The topological polar surface area (TPSA) is 0 Å². The maximum Gasteiger partial charge on any atom is 4.00 e. The van der Waals surface area contributed by atoms with Gasteiger partial charge in [0.15, 0.2) is 0 Å². The fraction of sp³-hybridized carbons (Fsp3) is 0.100. The Labute approximate surface area is 306 Å². The molecule has 2 aliphatic carbocycles. The van der Waals surface area contributed by atoms with Crippen molar-refractivity contribution in [1.82, 2.24) is 0 Å². The van der Waals surface area contributed by atoms with Crippen LogP contribution in [0.3, 0.4) is 0 Å². The molecule has 2 atom stereocenters. The zero-order chi connectivity index (χ0) is 28.5. The molecule has 2 aromatic heterocycles. The number of fused-ring (bicyclic) bond motifs is 2. The average molecular weight is 737 g/mol.